The van der Waals surface area contributed by atoms with Gasteiger partial charge in [-0.1, -0.05) is 36.4 Å². The van der Waals surface area contributed by atoms with Crippen LogP contribution in [0.4, 0.5) is 0 Å². The van der Waals surface area contributed by atoms with E-state index in [0.29, 0.717) is 19.8 Å². The highest BCUT2D eigenvalue weighted by Crippen LogP contribution is 2.17. The molecule has 1 N–H and O–H groups in total. The van der Waals surface area contributed by atoms with Crippen molar-refractivity contribution in [2.45, 2.75) is 33.0 Å². The molecule has 0 radical (unpaired) electrons. The van der Waals surface area contributed by atoms with Crippen molar-refractivity contribution in [1.82, 2.24) is 14.9 Å². The SMILES string of the molecule is CCOCc1ccc(CNC(=O)C(C)n2cnc3ccccc32)cc1. The van der Waals surface area contributed by atoms with Gasteiger partial charge in [-0.05, 0) is 37.1 Å². The van der Waals surface area contributed by atoms with Crippen LogP contribution in [-0.2, 0) is 22.7 Å². The number of fused-ring (bicyclic) bond motifs is 1. The van der Waals surface area contributed by atoms with Gasteiger partial charge in [0.25, 0.3) is 0 Å². The quantitative estimate of drug-likeness (QED) is 0.718. The third-order valence-corrected chi connectivity index (χ3v) is 4.24. The van der Waals surface area contributed by atoms with Crippen molar-refractivity contribution < 1.29 is 9.53 Å². The average Bonchev–Trinajstić information content (AvgIpc) is 3.08. The zero-order valence-corrected chi connectivity index (χ0v) is 14.6. The molecule has 1 heterocycles. The lowest BCUT2D eigenvalue weighted by Gasteiger charge is -2.15. The summed E-state index contributed by atoms with van der Waals surface area (Å²) >= 11 is 0. The van der Waals surface area contributed by atoms with Gasteiger partial charge in [-0.3, -0.25) is 4.79 Å². The largest absolute Gasteiger partial charge is 0.377 e. The molecule has 1 aromatic heterocycles. The summed E-state index contributed by atoms with van der Waals surface area (Å²) in [6.45, 7) is 5.69. The number of carbonyl (C=O) groups is 1. The van der Waals surface area contributed by atoms with Crippen LogP contribution in [0.15, 0.2) is 54.9 Å². The van der Waals surface area contributed by atoms with Crippen molar-refractivity contribution in [1.29, 1.82) is 0 Å². The van der Waals surface area contributed by atoms with Crippen LogP contribution in [0.5, 0.6) is 0 Å². The van der Waals surface area contributed by atoms with Gasteiger partial charge in [-0.15, -0.1) is 0 Å². The molecule has 0 aliphatic rings. The second-order valence-electron chi connectivity index (χ2n) is 5.99. The highest BCUT2D eigenvalue weighted by Gasteiger charge is 2.16. The van der Waals surface area contributed by atoms with Gasteiger partial charge in [0.2, 0.25) is 5.91 Å². The Kier molecular flexibility index (Phi) is 5.46. The molecule has 0 saturated heterocycles. The van der Waals surface area contributed by atoms with Crippen LogP contribution in [-0.4, -0.2) is 22.1 Å². The minimum atomic E-state index is -0.315. The summed E-state index contributed by atoms with van der Waals surface area (Å²) in [7, 11) is 0. The van der Waals surface area contributed by atoms with E-state index in [9.17, 15) is 4.79 Å². The maximum absolute atomic E-state index is 12.5. The topological polar surface area (TPSA) is 56.1 Å². The van der Waals surface area contributed by atoms with E-state index in [1.54, 1.807) is 6.33 Å². The molecule has 3 rings (SSSR count). The molecule has 0 aliphatic carbocycles. The molecule has 25 heavy (non-hydrogen) atoms. The van der Waals surface area contributed by atoms with Crippen molar-refractivity contribution in [2.75, 3.05) is 6.61 Å². The van der Waals surface area contributed by atoms with Gasteiger partial charge in [0.05, 0.1) is 24.0 Å². The Balaban J connectivity index is 1.60. The van der Waals surface area contributed by atoms with Crippen LogP contribution in [0.2, 0.25) is 0 Å². The second-order valence-corrected chi connectivity index (χ2v) is 5.99. The molecular formula is C20H23N3O2. The fourth-order valence-electron chi connectivity index (χ4n) is 2.72. The number of para-hydroxylation sites is 2. The lowest BCUT2D eigenvalue weighted by Crippen LogP contribution is -2.30. The lowest BCUT2D eigenvalue weighted by atomic mass is 10.1. The summed E-state index contributed by atoms with van der Waals surface area (Å²) in [5.74, 6) is -0.0263. The third kappa shape index (κ3) is 4.06. The highest BCUT2D eigenvalue weighted by molar-refractivity contribution is 5.83. The van der Waals surface area contributed by atoms with Crippen LogP contribution in [0.1, 0.15) is 31.0 Å². The summed E-state index contributed by atoms with van der Waals surface area (Å²) in [6, 6.07) is 15.6. The first kappa shape index (κ1) is 17.2. The number of amides is 1. The third-order valence-electron chi connectivity index (χ3n) is 4.24. The van der Waals surface area contributed by atoms with Gasteiger partial charge in [0.15, 0.2) is 0 Å². The molecule has 3 aromatic rings. The van der Waals surface area contributed by atoms with Gasteiger partial charge >= 0.3 is 0 Å². The minimum Gasteiger partial charge on any atom is -0.377 e. The number of nitrogens with one attached hydrogen (secondary N) is 1. The normalized spacial score (nSPS) is 12.2. The Hall–Kier alpha value is -2.66. The Labute approximate surface area is 147 Å². The molecule has 0 aliphatic heterocycles. The van der Waals surface area contributed by atoms with E-state index in [2.05, 4.69) is 10.3 Å². The van der Waals surface area contributed by atoms with Crippen molar-refractivity contribution in [3.63, 3.8) is 0 Å². The van der Waals surface area contributed by atoms with E-state index in [4.69, 9.17) is 4.74 Å². The van der Waals surface area contributed by atoms with Crippen LogP contribution in [0.3, 0.4) is 0 Å². The summed E-state index contributed by atoms with van der Waals surface area (Å²) in [4.78, 5) is 16.8. The van der Waals surface area contributed by atoms with Crippen LogP contribution in [0, 0.1) is 0 Å². The van der Waals surface area contributed by atoms with Gasteiger partial charge in [-0.25, -0.2) is 4.98 Å². The monoisotopic (exact) mass is 337 g/mol. The Bertz CT molecular complexity index is 840. The zero-order chi connectivity index (χ0) is 17.6. The number of benzene rings is 2. The predicted octanol–water partition coefficient (Wildman–Crippen LogP) is 3.45. The number of ether oxygens (including phenoxy) is 1. The van der Waals surface area contributed by atoms with Crippen molar-refractivity contribution in [3.05, 3.63) is 66.0 Å². The number of imidazole rings is 1. The second kappa shape index (κ2) is 7.94. The highest BCUT2D eigenvalue weighted by atomic mass is 16.5. The Morgan fingerprint density at radius 1 is 1.16 bits per heavy atom. The van der Waals surface area contributed by atoms with Crippen LogP contribution < -0.4 is 5.32 Å². The number of aromatic nitrogens is 2. The number of nitrogens with zero attached hydrogens (tertiary/aromatic N) is 2. The fraction of sp³-hybridized carbons (Fsp3) is 0.300. The smallest absolute Gasteiger partial charge is 0.243 e. The molecule has 2 aromatic carbocycles. The maximum Gasteiger partial charge on any atom is 0.243 e. The van der Waals surface area contributed by atoms with Crippen LogP contribution >= 0.6 is 0 Å². The van der Waals surface area contributed by atoms with Gasteiger partial charge in [0, 0.05) is 13.2 Å². The molecule has 1 unspecified atom stereocenters. The molecule has 0 fully saturated rings. The van der Waals surface area contributed by atoms with E-state index in [1.807, 2.05) is 66.9 Å². The van der Waals surface area contributed by atoms with E-state index in [0.717, 1.165) is 22.2 Å². The zero-order valence-electron chi connectivity index (χ0n) is 14.6. The molecule has 5 heteroatoms. The van der Waals surface area contributed by atoms with Crippen molar-refractivity contribution >= 4 is 16.9 Å². The average molecular weight is 337 g/mol. The summed E-state index contributed by atoms with van der Waals surface area (Å²) in [5, 5.41) is 3.00. The molecule has 0 saturated carbocycles. The molecule has 0 spiro atoms. The number of carbonyl (C=O) groups excluding carboxylic acids is 1. The molecule has 0 bridgehead atoms. The molecular weight excluding hydrogens is 314 g/mol. The summed E-state index contributed by atoms with van der Waals surface area (Å²) in [6.07, 6.45) is 1.72. The molecule has 1 atom stereocenters. The first-order chi connectivity index (χ1) is 12.2. The number of rotatable bonds is 7. The number of hydrogen-bond donors (Lipinski definition) is 1. The van der Waals surface area contributed by atoms with E-state index in [-0.39, 0.29) is 11.9 Å². The Morgan fingerprint density at radius 2 is 1.88 bits per heavy atom. The van der Waals surface area contributed by atoms with Crippen LogP contribution in [0.25, 0.3) is 11.0 Å². The van der Waals surface area contributed by atoms with Gasteiger partial charge in [-0.2, -0.15) is 0 Å². The maximum atomic E-state index is 12.5. The van der Waals surface area contributed by atoms with E-state index >= 15 is 0 Å². The summed E-state index contributed by atoms with van der Waals surface area (Å²) in [5.41, 5.74) is 4.06. The van der Waals surface area contributed by atoms with Gasteiger partial charge < -0.3 is 14.6 Å². The van der Waals surface area contributed by atoms with Crippen molar-refractivity contribution in [3.8, 4) is 0 Å². The lowest BCUT2D eigenvalue weighted by molar-refractivity contribution is -0.123. The summed E-state index contributed by atoms with van der Waals surface area (Å²) < 4.78 is 7.29. The Morgan fingerprint density at radius 3 is 2.64 bits per heavy atom. The van der Waals surface area contributed by atoms with E-state index < -0.39 is 0 Å². The predicted molar refractivity (Wildman–Crippen MR) is 98.1 cm³/mol. The van der Waals surface area contributed by atoms with E-state index in [1.165, 1.54) is 0 Å². The van der Waals surface area contributed by atoms with Crippen molar-refractivity contribution in [2.24, 2.45) is 0 Å². The first-order valence-electron chi connectivity index (χ1n) is 8.54. The standard InChI is InChI=1S/C20H23N3O2/c1-3-25-13-17-10-8-16(9-11-17)12-21-20(24)15(2)23-14-22-18-6-4-5-7-19(18)23/h4-11,14-15H,3,12-13H2,1-2H3,(H,21,24). The van der Waals surface area contributed by atoms with Gasteiger partial charge in [0.1, 0.15) is 6.04 Å². The fourth-order valence-corrected chi connectivity index (χ4v) is 2.72. The molecule has 130 valence electrons. The first-order valence-corrected chi connectivity index (χ1v) is 8.54. The molecule has 5 nitrogen and oxygen atoms in total. The number of hydrogen-bond acceptors (Lipinski definition) is 3. The minimum absolute atomic E-state index is 0.0263. The molecule has 1 amide bonds.